The van der Waals surface area contributed by atoms with E-state index in [2.05, 4.69) is 4.99 Å². The Morgan fingerprint density at radius 1 is 1.22 bits per heavy atom. The van der Waals surface area contributed by atoms with Crippen LogP contribution in [-0.4, -0.2) is 36.3 Å². The van der Waals surface area contributed by atoms with Gasteiger partial charge in [0.1, 0.15) is 17.5 Å². The Kier molecular flexibility index (Phi) is 7.02. The number of methoxy groups -OCH3 is 2. The average Bonchev–Trinajstić information content (AvgIpc) is 3.17. The van der Waals surface area contributed by atoms with Gasteiger partial charge in [0.05, 0.1) is 41.6 Å². The normalized spacial score (nSPS) is 15.2. The number of carbonyl (C=O) groups is 1. The number of thiazole rings is 1. The van der Waals surface area contributed by atoms with Crippen molar-refractivity contribution in [2.24, 2.45) is 4.99 Å². The highest BCUT2D eigenvalue weighted by molar-refractivity contribution is 7.07. The fourth-order valence-electron chi connectivity index (χ4n) is 4.02. The minimum Gasteiger partial charge on any atom is -0.497 e. The molecule has 3 aromatic rings. The number of nitrogens with zero attached hydrogens (tertiary/aromatic N) is 3. The van der Waals surface area contributed by atoms with E-state index in [0.29, 0.717) is 37.7 Å². The van der Waals surface area contributed by atoms with E-state index in [0.717, 1.165) is 11.3 Å². The molecule has 0 radical (unpaired) electrons. The van der Waals surface area contributed by atoms with Crippen molar-refractivity contribution in [1.29, 1.82) is 0 Å². The van der Waals surface area contributed by atoms with Gasteiger partial charge >= 0.3 is 5.97 Å². The van der Waals surface area contributed by atoms with Crippen LogP contribution in [0, 0.1) is 10.1 Å². The minimum absolute atomic E-state index is 0.0871. The van der Waals surface area contributed by atoms with Gasteiger partial charge in [0.25, 0.3) is 11.2 Å². The number of ether oxygens (including phenoxy) is 3. The van der Waals surface area contributed by atoms with Crippen LogP contribution in [0.4, 0.5) is 5.69 Å². The molecule has 1 aliphatic rings. The Morgan fingerprint density at radius 3 is 2.67 bits per heavy atom. The molecule has 0 unspecified atom stereocenters. The summed E-state index contributed by atoms with van der Waals surface area (Å²) < 4.78 is 18.0. The number of hydrogen-bond acceptors (Lipinski definition) is 9. The zero-order valence-electron chi connectivity index (χ0n) is 20.0. The molecule has 2 aromatic carbocycles. The van der Waals surface area contributed by atoms with E-state index < -0.39 is 22.5 Å². The van der Waals surface area contributed by atoms with Crippen LogP contribution < -0.4 is 24.4 Å². The van der Waals surface area contributed by atoms with E-state index in [1.807, 2.05) is 0 Å². The predicted molar refractivity (Wildman–Crippen MR) is 133 cm³/mol. The third-order valence-electron chi connectivity index (χ3n) is 5.63. The highest BCUT2D eigenvalue weighted by Crippen LogP contribution is 2.37. The van der Waals surface area contributed by atoms with Crippen molar-refractivity contribution in [3.8, 4) is 11.5 Å². The van der Waals surface area contributed by atoms with Crippen molar-refractivity contribution < 1.29 is 23.9 Å². The zero-order chi connectivity index (χ0) is 26.0. The lowest BCUT2D eigenvalue weighted by Crippen LogP contribution is -2.40. The number of carbonyl (C=O) groups excluding carboxylic acids is 1. The molecule has 0 saturated carbocycles. The molecule has 0 fully saturated rings. The monoisotopic (exact) mass is 509 g/mol. The first-order valence-electron chi connectivity index (χ1n) is 10.9. The summed E-state index contributed by atoms with van der Waals surface area (Å²) in [5.74, 6) is 0.370. The Labute approximate surface area is 209 Å². The summed E-state index contributed by atoms with van der Waals surface area (Å²) in [6, 6.07) is 10.2. The summed E-state index contributed by atoms with van der Waals surface area (Å²) in [5.41, 5.74) is 1.14. The van der Waals surface area contributed by atoms with Gasteiger partial charge in [-0.15, -0.1) is 0 Å². The number of allylic oxidation sites excluding steroid dienone is 1. The molecule has 186 valence electrons. The van der Waals surface area contributed by atoms with Crippen LogP contribution in [0.3, 0.4) is 0 Å². The van der Waals surface area contributed by atoms with Crippen molar-refractivity contribution in [3.05, 3.63) is 94.7 Å². The number of aromatic nitrogens is 1. The molecule has 0 N–H and O–H groups in total. The third kappa shape index (κ3) is 4.52. The zero-order valence-corrected chi connectivity index (χ0v) is 20.8. The van der Waals surface area contributed by atoms with Gasteiger partial charge in [0.15, 0.2) is 4.80 Å². The van der Waals surface area contributed by atoms with Crippen LogP contribution >= 0.6 is 11.3 Å². The summed E-state index contributed by atoms with van der Waals surface area (Å²) in [7, 11) is 3.02. The maximum atomic E-state index is 13.7. The van der Waals surface area contributed by atoms with Gasteiger partial charge in [-0.25, -0.2) is 9.79 Å². The van der Waals surface area contributed by atoms with Gasteiger partial charge in [-0.2, -0.15) is 0 Å². The number of nitro groups is 1. The predicted octanol–water partition coefficient (Wildman–Crippen LogP) is 2.72. The highest BCUT2D eigenvalue weighted by Gasteiger charge is 2.35. The molecule has 36 heavy (non-hydrogen) atoms. The molecular formula is C25H23N3O7S. The molecule has 1 aromatic heterocycles. The summed E-state index contributed by atoms with van der Waals surface area (Å²) >= 11 is 1.12. The van der Waals surface area contributed by atoms with Gasteiger partial charge in [-0.1, -0.05) is 23.5 Å². The molecule has 10 nitrogen and oxygen atoms in total. The van der Waals surface area contributed by atoms with E-state index in [1.54, 1.807) is 50.3 Å². The van der Waals surface area contributed by atoms with E-state index in [1.165, 1.54) is 30.9 Å². The van der Waals surface area contributed by atoms with Crippen molar-refractivity contribution in [3.63, 3.8) is 0 Å². The van der Waals surface area contributed by atoms with Gasteiger partial charge < -0.3 is 14.2 Å². The van der Waals surface area contributed by atoms with Crippen LogP contribution in [0.2, 0.25) is 0 Å². The Balaban J connectivity index is 2.00. The SMILES string of the molecule is CCOC(=O)C1=C(C)N=c2s/c(=C/c3cccc([N+](=O)[O-])c3)c(=O)n2[C@H]1c1cc(OC)ccc1OC. The summed E-state index contributed by atoms with van der Waals surface area (Å²) in [6.45, 7) is 3.53. The standard InChI is InChI=1S/C25H23N3O7S/c1-5-35-24(30)21-14(2)26-25-27(22(21)18-13-17(33-3)9-10-19(18)34-4)23(29)20(36-25)12-15-7-6-8-16(11-15)28(31)32/h6-13,22H,5H2,1-4H3/b20-12+/t22-/m0/s1. The molecule has 0 aliphatic carbocycles. The molecule has 0 bridgehead atoms. The van der Waals surface area contributed by atoms with Crippen LogP contribution in [0.1, 0.15) is 31.0 Å². The first kappa shape index (κ1) is 24.9. The molecular weight excluding hydrogens is 486 g/mol. The molecule has 0 saturated heterocycles. The second-order valence-corrected chi connectivity index (χ2v) is 8.77. The van der Waals surface area contributed by atoms with Crippen molar-refractivity contribution in [1.82, 2.24) is 4.57 Å². The number of nitro benzene ring substituents is 1. The summed E-state index contributed by atoms with van der Waals surface area (Å²) in [6.07, 6.45) is 1.57. The number of benzene rings is 2. The van der Waals surface area contributed by atoms with Crippen LogP contribution in [0.15, 0.2) is 63.5 Å². The lowest BCUT2D eigenvalue weighted by atomic mass is 9.94. The van der Waals surface area contributed by atoms with Crippen LogP contribution in [-0.2, 0) is 9.53 Å². The number of fused-ring (bicyclic) bond motifs is 1. The fraction of sp³-hybridized carbons (Fsp3) is 0.240. The van der Waals surface area contributed by atoms with Gasteiger partial charge in [0, 0.05) is 17.7 Å². The number of esters is 1. The first-order valence-corrected chi connectivity index (χ1v) is 11.8. The highest BCUT2D eigenvalue weighted by atomic mass is 32.1. The van der Waals surface area contributed by atoms with Crippen LogP contribution in [0.5, 0.6) is 11.5 Å². The van der Waals surface area contributed by atoms with E-state index in [9.17, 15) is 19.7 Å². The lowest BCUT2D eigenvalue weighted by Gasteiger charge is -2.26. The van der Waals surface area contributed by atoms with Crippen molar-refractivity contribution in [2.75, 3.05) is 20.8 Å². The Bertz CT molecular complexity index is 1570. The Morgan fingerprint density at radius 2 is 2.00 bits per heavy atom. The molecule has 1 aliphatic heterocycles. The number of hydrogen-bond donors (Lipinski definition) is 0. The quantitative estimate of drug-likeness (QED) is 0.273. The van der Waals surface area contributed by atoms with Crippen molar-refractivity contribution in [2.45, 2.75) is 19.9 Å². The van der Waals surface area contributed by atoms with E-state index in [-0.39, 0.29) is 17.9 Å². The maximum Gasteiger partial charge on any atom is 0.338 e. The van der Waals surface area contributed by atoms with E-state index >= 15 is 0 Å². The largest absolute Gasteiger partial charge is 0.497 e. The topological polar surface area (TPSA) is 122 Å². The average molecular weight is 510 g/mol. The molecule has 1 atom stereocenters. The summed E-state index contributed by atoms with van der Waals surface area (Å²) in [4.78, 5) is 42.4. The molecule has 2 heterocycles. The second-order valence-electron chi connectivity index (χ2n) is 7.76. The van der Waals surface area contributed by atoms with Crippen LogP contribution in [0.25, 0.3) is 6.08 Å². The number of rotatable bonds is 7. The maximum absolute atomic E-state index is 13.7. The minimum atomic E-state index is -0.891. The molecule has 0 spiro atoms. The van der Waals surface area contributed by atoms with Gasteiger partial charge in [0.2, 0.25) is 0 Å². The first-order chi connectivity index (χ1) is 17.3. The fourth-order valence-corrected chi connectivity index (χ4v) is 5.06. The van der Waals surface area contributed by atoms with Gasteiger partial charge in [-0.3, -0.25) is 19.5 Å². The smallest absolute Gasteiger partial charge is 0.338 e. The molecule has 0 amide bonds. The third-order valence-corrected chi connectivity index (χ3v) is 6.61. The van der Waals surface area contributed by atoms with Crippen molar-refractivity contribution >= 4 is 29.1 Å². The molecule has 11 heteroatoms. The number of non-ortho nitro benzene ring substituents is 1. The van der Waals surface area contributed by atoms with Gasteiger partial charge in [-0.05, 0) is 43.7 Å². The summed E-state index contributed by atoms with van der Waals surface area (Å²) in [5, 5.41) is 11.2. The second kappa shape index (κ2) is 10.2. The Hall–Kier alpha value is -4.25. The molecule has 4 rings (SSSR count). The van der Waals surface area contributed by atoms with E-state index in [4.69, 9.17) is 14.2 Å². The lowest BCUT2D eigenvalue weighted by molar-refractivity contribution is -0.384.